The normalized spacial score (nSPS) is 16.3. The summed E-state index contributed by atoms with van der Waals surface area (Å²) in [5.41, 5.74) is 9.69. The molecule has 2 aromatic rings. The van der Waals surface area contributed by atoms with Crippen LogP contribution in [-0.4, -0.2) is 24.2 Å². The Morgan fingerprint density at radius 1 is 1.35 bits per heavy atom. The number of imidazole rings is 1. The van der Waals surface area contributed by atoms with Gasteiger partial charge in [0.05, 0.1) is 17.4 Å². The number of fused-ring (bicyclic) bond motifs is 1. The molecule has 1 heterocycles. The van der Waals surface area contributed by atoms with E-state index in [1.165, 1.54) is 24.4 Å². The van der Waals surface area contributed by atoms with E-state index < -0.39 is 8.07 Å². The van der Waals surface area contributed by atoms with E-state index in [1.54, 1.807) is 0 Å². The van der Waals surface area contributed by atoms with Crippen LogP contribution in [0.3, 0.4) is 0 Å². The summed E-state index contributed by atoms with van der Waals surface area (Å²) >= 11 is 0. The van der Waals surface area contributed by atoms with Crippen molar-refractivity contribution in [2.45, 2.75) is 51.3 Å². The monoisotopic (exact) mass is 353 g/mol. The average Bonchev–Trinajstić information content (AvgIpc) is 3.23. The summed E-state index contributed by atoms with van der Waals surface area (Å²) < 4.78 is 7.93. The fourth-order valence-electron chi connectivity index (χ4n) is 2.65. The molecule has 1 aliphatic carbocycles. The van der Waals surface area contributed by atoms with Gasteiger partial charge in [0.15, 0.2) is 0 Å². The summed E-state index contributed by atoms with van der Waals surface area (Å²) in [5.74, 6) is 0.668. The van der Waals surface area contributed by atoms with Crippen molar-refractivity contribution < 1.29 is 4.74 Å². The molecule has 0 aliphatic heterocycles. The fraction of sp³-hybridized carbons (Fsp3) is 0.588. The molecule has 0 radical (unpaired) electrons. The lowest BCUT2D eigenvalue weighted by Crippen LogP contribution is -2.22. The van der Waals surface area contributed by atoms with Crippen molar-refractivity contribution in [1.82, 2.24) is 9.55 Å². The van der Waals surface area contributed by atoms with Gasteiger partial charge in [-0.25, -0.2) is 4.98 Å². The smallest absolute Gasteiger partial charge is 0.124 e. The molecule has 3 rings (SSSR count). The van der Waals surface area contributed by atoms with Gasteiger partial charge in [0.2, 0.25) is 0 Å². The number of nitrogens with two attached hydrogens (primary N) is 1. The molecule has 1 atom stereocenters. The van der Waals surface area contributed by atoms with Gasteiger partial charge in [0.25, 0.3) is 0 Å². The number of hydrogen-bond acceptors (Lipinski definition) is 3. The standard InChI is InChI=1S/C17H27N3OSi.ClH/c1-22(2,3)9-8-21-12-20-11-19-15-7-6-14(10-16(15)20)17(18)13-4-5-13;/h6-7,10-11,13,17H,4-5,8-9,12,18H2,1-3H3;1H/t17-;/m1./s1. The molecule has 0 spiro atoms. The Morgan fingerprint density at radius 2 is 2.09 bits per heavy atom. The van der Waals surface area contributed by atoms with E-state index in [1.807, 2.05) is 6.33 Å². The Bertz CT molecular complexity index is 649. The molecule has 0 amide bonds. The van der Waals surface area contributed by atoms with Crippen LogP contribution in [0.4, 0.5) is 0 Å². The number of nitrogens with zero attached hydrogens (tertiary/aromatic N) is 2. The topological polar surface area (TPSA) is 53.1 Å². The first kappa shape index (κ1) is 18.5. The summed E-state index contributed by atoms with van der Waals surface area (Å²) in [4.78, 5) is 4.46. The molecule has 1 saturated carbocycles. The van der Waals surface area contributed by atoms with Crippen molar-refractivity contribution in [3.8, 4) is 0 Å². The molecular weight excluding hydrogens is 326 g/mol. The minimum Gasteiger partial charge on any atom is -0.361 e. The fourth-order valence-corrected chi connectivity index (χ4v) is 3.41. The molecule has 0 unspecified atom stereocenters. The lowest BCUT2D eigenvalue weighted by molar-refractivity contribution is 0.0898. The Kier molecular flexibility index (Phi) is 5.89. The highest BCUT2D eigenvalue weighted by Crippen LogP contribution is 2.39. The van der Waals surface area contributed by atoms with E-state index in [2.05, 4.69) is 47.4 Å². The number of benzene rings is 1. The highest BCUT2D eigenvalue weighted by Gasteiger charge is 2.29. The van der Waals surface area contributed by atoms with E-state index >= 15 is 0 Å². The van der Waals surface area contributed by atoms with Crippen LogP contribution in [0.25, 0.3) is 11.0 Å². The largest absolute Gasteiger partial charge is 0.361 e. The molecule has 1 aromatic carbocycles. The Hall–Kier alpha value is -0.883. The van der Waals surface area contributed by atoms with Crippen LogP contribution in [-0.2, 0) is 11.5 Å². The molecule has 1 fully saturated rings. The van der Waals surface area contributed by atoms with Crippen molar-refractivity contribution in [3.05, 3.63) is 30.1 Å². The van der Waals surface area contributed by atoms with Gasteiger partial charge in [0.1, 0.15) is 6.73 Å². The van der Waals surface area contributed by atoms with Gasteiger partial charge in [-0.2, -0.15) is 0 Å². The van der Waals surface area contributed by atoms with E-state index in [4.69, 9.17) is 10.5 Å². The maximum absolute atomic E-state index is 6.32. The first-order chi connectivity index (χ1) is 10.4. The average molecular weight is 354 g/mol. The van der Waals surface area contributed by atoms with Crippen LogP contribution in [0.2, 0.25) is 25.7 Å². The molecule has 4 nitrogen and oxygen atoms in total. The van der Waals surface area contributed by atoms with E-state index in [0.717, 1.165) is 17.6 Å². The van der Waals surface area contributed by atoms with Gasteiger partial charge in [-0.15, -0.1) is 12.4 Å². The number of halogens is 1. The molecule has 0 bridgehead atoms. The van der Waals surface area contributed by atoms with Gasteiger partial charge in [-0.3, -0.25) is 0 Å². The van der Waals surface area contributed by atoms with Crippen LogP contribution in [0.15, 0.2) is 24.5 Å². The molecule has 2 N–H and O–H groups in total. The first-order valence-corrected chi connectivity index (χ1v) is 11.9. The number of hydrogen-bond donors (Lipinski definition) is 1. The lowest BCUT2D eigenvalue weighted by Gasteiger charge is -2.16. The highest BCUT2D eigenvalue weighted by atomic mass is 35.5. The van der Waals surface area contributed by atoms with Crippen molar-refractivity contribution in [3.63, 3.8) is 0 Å². The molecule has 128 valence electrons. The number of ether oxygens (including phenoxy) is 1. The minimum atomic E-state index is -1.03. The summed E-state index contributed by atoms with van der Waals surface area (Å²) in [7, 11) is -1.03. The van der Waals surface area contributed by atoms with Gasteiger partial charge in [-0.1, -0.05) is 25.7 Å². The number of rotatable bonds is 7. The SMILES string of the molecule is C[Si](C)(C)CCOCn1cnc2ccc([C@H](N)C3CC3)cc21.Cl. The lowest BCUT2D eigenvalue weighted by atomic mass is 10.0. The maximum Gasteiger partial charge on any atom is 0.124 e. The van der Waals surface area contributed by atoms with Crippen molar-refractivity contribution in [2.24, 2.45) is 11.7 Å². The predicted molar refractivity (Wildman–Crippen MR) is 101 cm³/mol. The quantitative estimate of drug-likeness (QED) is 0.600. The molecular formula is C17H28ClN3OSi. The van der Waals surface area contributed by atoms with Crippen molar-refractivity contribution in [2.75, 3.05) is 6.61 Å². The summed E-state index contributed by atoms with van der Waals surface area (Å²) in [6.07, 6.45) is 4.39. The van der Waals surface area contributed by atoms with Crippen LogP contribution in [0.1, 0.15) is 24.4 Å². The predicted octanol–water partition coefficient (Wildman–Crippen LogP) is 4.18. The Morgan fingerprint density at radius 3 is 2.74 bits per heavy atom. The Balaban J connectivity index is 0.00000192. The summed E-state index contributed by atoms with van der Waals surface area (Å²) in [6.45, 7) is 8.51. The molecule has 0 saturated heterocycles. The van der Waals surface area contributed by atoms with Gasteiger partial charge < -0.3 is 15.0 Å². The third kappa shape index (κ3) is 4.80. The number of aromatic nitrogens is 2. The van der Waals surface area contributed by atoms with Crippen molar-refractivity contribution >= 4 is 31.5 Å². The van der Waals surface area contributed by atoms with Crippen LogP contribution in [0, 0.1) is 5.92 Å². The van der Waals surface area contributed by atoms with Crippen LogP contribution < -0.4 is 5.73 Å². The summed E-state index contributed by atoms with van der Waals surface area (Å²) in [5, 5.41) is 0. The minimum absolute atomic E-state index is 0. The van der Waals surface area contributed by atoms with E-state index in [9.17, 15) is 0 Å². The second-order valence-corrected chi connectivity index (χ2v) is 13.3. The molecule has 6 heteroatoms. The third-order valence-corrected chi connectivity index (χ3v) is 6.09. The van der Waals surface area contributed by atoms with E-state index in [-0.39, 0.29) is 18.4 Å². The van der Waals surface area contributed by atoms with Crippen LogP contribution >= 0.6 is 12.4 Å². The zero-order valence-corrected chi connectivity index (χ0v) is 16.1. The summed E-state index contributed by atoms with van der Waals surface area (Å²) in [6, 6.07) is 7.74. The zero-order chi connectivity index (χ0) is 15.7. The molecule has 23 heavy (non-hydrogen) atoms. The highest BCUT2D eigenvalue weighted by molar-refractivity contribution is 6.76. The van der Waals surface area contributed by atoms with E-state index in [0.29, 0.717) is 12.6 Å². The second-order valence-electron chi connectivity index (χ2n) is 7.67. The van der Waals surface area contributed by atoms with Gasteiger partial charge in [0, 0.05) is 20.7 Å². The van der Waals surface area contributed by atoms with Crippen molar-refractivity contribution in [1.29, 1.82) is 0 Å². The molecule has 1 aliphatic rings. The second kappa shape index (κ2) is 7.34. The van der Waals surface area contributed by atoms with Gasteiger partial charge in [-0.05, 0) is 42.5 Å². The third-order valence-electron chi connectivity index (χ3n) is 4.39. The Labute approximate surface area is 145 Å². The zero-order valence-electron chi connectivity index (χ0n) is 14.3. The van der Waals surface area contributed by atoms with Gasteiger partial charge >= 0.3 is 0 Å². The maximum atomic E-state index is 6.32. The van der Waals surface area contributed by atoms with Crippen LogP contribution in [0.5, 0.6) is 0 Å². The first-order valence-electron chi connectivity index (χ1n) is 8.22. The molecule has 1 aromatic heterocycles.